The predicted molar refractivity (Wildman–Crippen MR) is 92.1 cm³/mol. The number of hydrogen-bond donors (Lipinski definition) is 2. The van der Waals surface area contributed by atoms with E-state index >= 15 is 0 Å². The maximum atomic E-state index is 11.1. The van der Waals surface area contributed by atoms with Gasteiger partial charge < -0.3 is 10.7 Å². The minimum Gasteiger partial charge on any atom is -0.364 e. The van der Waals surface area contributed by atoms with Gasteiger partial charge in [0, 0.05) is 5.69 Å². The average Bonchev–Trinajstić information content (AvgIpc) is 3.05. The number of nitriles is 1. The third kappa shape index (κ3) is 3.42. The van der Waals surface area contributed by atoms with Crippen LogP contribution in [0.3, 0.4) is 0 Å². The van der Waals surface area contributed by atoms with E-state index in [0.29, 0.717) is 11.3 Å². The van der Waals surface area contributed by atoms with Gasteiger partial charge in [-0.05, 0) is 41.0 Å². The highest BCUT2D eigenvalue weighted by Crippen LogP contribution is 2.24. The molecule has 0 atom stereocenters. The van der Waals surface area contributed by atoms with Crippen LogP contribution >= 0.6 is 12.4 Å². The molecule has 0 bridgehead atoms. The molecule has 3 N–H and O–H groups in total. The Morgan fingerprint density at radius 1 is 0.870 bits per heavy atom. The van der Waals surface area contributed by atoms with Crippen molar-refractivity contribution in [3.8, 4) is 28.5 Å². The largest absolute Gasteiger partial charge is 0.364 e. The van der Waals surface area contributed by atoms with Gasteiger partial charge in [-0.2, -0.15) is 5.26 Å². The molecular formula is C18H14ClN3O. The second-order valence-corrected chi connectivity index (χ2v) is 4.92. The quantitative estimate of drug-likeness (QED) is 0.769. The molecule has 0 saturated heterocycles. The van der Waals surface area contributed by atoms with Gasteiger partial charge in [-0.25, -0.2) is 0 Å². The fraction of sp³-hybridized carbons (Fsp3) is 0. The molecule has 2 aromatic carbocycles. The van der Waals surface area contributed by atoms with Gasteiger partial charge in [-0.1, -0.05) is 36.4 Å². The minimum absolute atomic E-state index is 0. The lowest BCUT2D eigenvalue weighted by Crippen LogP contribution is -2.10. The third-order valence-corrected chi connectivity index (χ3v) is 3.49. The molecule has 0 spiro atoms. The van der Waals surface area contributed by atoms with Gasteiger partial charge in [0.1, 0.15) is 5.69 Å². The molecule has 0 saturated carbocycles. The number of nitrogens with one attached hydrogen (secondary N) is 1. The zero-order valence-corrected chi connectivity index (χ0v) is 12.9. The molecular weight excluding hydrogens is 310 g/mol. The number of aromatic amines is 1. The second kappa shape index (κ2) is 6.82. The van der Waals surface area contributed by atoms with Gasteiger partial charge in [0.25, 0.3) is 5.91 Å². The van der Waals surface area contributed by atoms with Crippen LogP contribution in [0.4, 0.5) is 0 Å². The Kier molecular flexibility index (Phi) is 4.85. The molecule has 1 aromatic heterocycles. The smallest absolute Gasteiger partial charge is 0.265 e. The maximum Gasteiger partial charge on any atom is 0.265 e. The zero-order valence-electron chi connectivity index (χ0n) is 12.1. The number of amides is 1. The maximum absolute atomic E-state index is 11.1. The summed E-state index contributed by atoms with van der Waals surface area (Å²) in [5.41, 5.74) is 10.2. The van der Waals surface area contributed by atoms with Crippen LogP contribution in [0.1, 0.15) is 16.1 Å². The highest BCUT2D eigenvalue weighted by Gasteiger charge is 2.06. The highest BCUT2D eigenvalue weighted by molar-refractivity contribution is 5.92. The molecule has 5 heteroatoms. The number of aromatic nitrogens is 1. The summed E-state index contributed by atoms with van der Waals surface area (Å²) in [5.74, 6) is -0.472. The van der Waals surface area contributed by atoms with Crippen LogP contribution in [-0.4, -0.2) is 10.9 Å². The van der Waals surface area contributed by atoms with E-state index in [2.05, 4.69) is 11.1 Å². The Balaban J connectivity index is 0.00000192. The molecule has 3 rings (SSSR count). The van der Waals surface area contributed by atoms with Crippen molar-refractivity contribution in [2.24, 2.45) is 5.73 Å². The number of rotatable bonds is 3. The Bertz CT molecular complexity index is 859. The number of carbonyl (C=O) groups is 1. The molecule has 0 aliphatic carbocycles. The monoisotopic (exact) mass is 323 g/mol. The van der Waals surface area contributed by atoms with Crippen molar-refractivity contribution in [3.05, 3.63) is 71.9 Å². The first-order valence-corrected chi connectivity index (χ1v) is 6.77. The molecule has 0 fully saturated rings. The van der Waals surface area contributed by atoms with Crippen LogP contribution in [0.15, 0.2) is 60.7 Å². The number of carbonyl (C=O) groups excluding carboxylic acids is 1. The van der Waals surface area contributed by atoms with Crippen molar-refractivity contribution < 1.29 is 4.79 Å². The average molecular weight is 324 g/mol. The molecule has 1 amide bonds. The first-order chi connectivity index (χ1) is 10.7. The lowest BCUT2D eigenvalue weighted by Gasteiger charge is -2.04. The van der Waals surface area contributed by atoms with E-state index in [1.807, 2.05) is 42.5 Å². The fourth-order valence-corrected chi connectivity index (χ4v) is 2.29. The van der Waals surface area contributed by atoms with Crippen LogP contribution < -0.4 is 5.73 Å². The lowest BCUT2D eigenvalue weighted by atomic mass is 10.0. The van der Waals surface area contributed by atoms with Gasteiger partial charge in [0.05, 0.1) is 11.6 Å². The number of primary amides is 1. The summed E-state index contributed by atoms with van der Waals surface area (Å²) in [6.45, 7) is 0. The van der Waals surface area contributed by atoms with E-state index in [1.54, 1.807) is 18.2 Å². The van der Waals surface area contributed by atoms with E-state index in [0.717, 1.165) is 22.4 Å². The number of benzene rings is 2. The summed E-state index contributed by atoms with van der Waals surface area (Å²) < 4.78 is 0. The molecule has 0 aliphatic heterocycles. The fourth-order valence-electron chi connectivity index (χ4n) is 2.29. The van der Waals surface area contributed by atoms with Crippen molar-refractivity contribution in [1.29, 1.82) is 5.26 Å². The summed E-state index contributed by atoms with van der Waals surface area (Å²) in [6, 6.07) is 21.0. The van der Waals surface area contributed by atoms with Crippen molar-refractivity contribution in [2.45, 2.75) is 0 Å². The summed E-state index contributed by atoms with van der Waals surface area (Å²) in [5, 5.41) is 8.82. The Morgan fingerprint density at radius 2 is 1.39 bits per heavy atom. The Morgan fingerprint density at radius 3 is 1.87 bits per heavy atom. The Labute approximate surface area is 140 Å². The van der Waals surface area contributed by atoms with Crippen molar-refractivity contribution in [2.75, 3.05) is 0 Å². The molecule has 4 nitrogen and oxygen atoms in total. The van der Waals surface area contributed by atoms with E-state index in [4.69, 9.17) is 11.0 Å². The SMILES string of the molecule is Cl.N#Cc1ccc(-c2ccc(-c3ccc(C(N)=O)[nH]3)cc2)cc1. The third-order valence-electron chi connectivity index (χ3n) is 3.49. The van der Waals surface area contributed by atoms with Gasteiger partial charge in [0.2, 0.25) is 0 Å². The van der Waals surface area contributed by atoms with Gasteiger partial charge >= 0.3 is 0 Å². The topological polar surface area (TPSA) is 82.7 Å². The van der Waals surface area contributed by atoms with E-state index in [1.165, 1.54) is 0 Å². The number of nitrogens with zero attached hydrogens (tertiary/aromatic N) is 1. The van der Waals surface area contributed by atoms with Crippen LogP contribution in [0.5, 0.6) is 0 Å². The second-order valence-electron chi connectivity index (χ2n) is 4.92. The number of nitrogens with two attached hydrogens (primary N) is 1. The minimum atomic E-state index is -0.472. The summed E-state index contributed by atoms with van der Waals surface area (Å²) in [6.07, 6.45) is 0. The first kappa shape index (κ1) is 16.3. The van der Waals surface area contributed by atoms with Crippen molar-refractivity contribution in [3.63, 3.8) is 0 Å². The number of H-pyrrole nitrogens is 1. The molecule has 114 valence electrons. The van der Waals surface area contributed by atoms with E-state index < -0.39 is 5.91 Å². The van der Waals surface area contributed by atoms with Gasteiger partial charge in [-0.3, -0.25) is 4.79 Å². The first-order valence-electron chi connectivity index (χ1n) is 6.77. The molecule has 0 unspecified atom stereocenters. The molecule has 1 heterocycles. The standard InChI is InChI=1S/C18H13N3O.ClH/c19-11-12-1-3-13(4-2-12)14-5-7-15(8-6-14)16-9-10-17(21-16)18(20)22;/h1-10,21H,(H2,20,22);1H. The predicted octanol–water partition coefficient (Wildman–Crippen LogP) is 3.74. The highest BCUT2D eigenvalue weighted by atomic mass is 35.5. The normalized spacial score (nSPS) is 9.70. The van der Waals surface area contributed by atoms with E-state index in [-0.39, 0.29) is 12.4 Å². The summed E-state index contributed by atoms with van der Waals surface area (Å²) >= 11 is 0. The molecule has 0 radical (unpaired) electrons. The lowest BCUT2D eigenvalue weighted by molar-refractivity contribution is 0.0996. The van der Waals surface area contributed by atoms with Crippen LogP contribution in [0.25, 0.3) is 22.4 Å². The number of halogens is 1. The zero-order chi connectivity index (χ0) is 15.5. The molecule has 23 heavy (non-hydrogen) atoms. The van der Waals surface area contributed by atoms with Crippen LogP contribution in [0.2, 0.25) is 0 Å². The van der Waals surface area contributed by atoms with Gasteiger partial charge in [-0.15, -0.1) is 12.4 Å². The van der Waals surface area contributed by atoms with Crippen molar-refractivity contribution in [1.82, 2.24) is 4.98 Å². The summed E-state index contributed by atoms with van der Waals surface area (Å²) in [7, 11) is 0. The summed E-state index contributed by atoms with van der Waals surface area (Å²) in [4.78, 5) is 14.1. The van der Waals surface area contributed by atoms with Crippen LogP contribution in [0, 0.1) is 11.3 Å². The van der Waals surface area contributed by atoms with Crippen molar-refractivity contribution >= 4 is 18.3 Å². The van der Waals surface area contributed by atoms with Crippen LogP contribution in [-0.2, 0) is 0 Å². The number of hydrogen-bond acceptors (Lipinski definition) is 2. The van der Waals surface area contributed by atoms with E-state index in [9.17, 15) is 4.79 Å². The van der Waals surface area contributed by atoms with Gasteiger partial charge in [0.15, 0.2) is 0 Å². The Hall–Kier alpha value is -3.03. The molecule has 3 aromatic rings. The molecule has 0 aliphatic rings.